The first-order valence-corrected chi connectivity index (χ1v) is 7.51. The standard InChI is InChI=1S/C14H27N3O/c1-2-17(11-12-5-8-15-9-6-12)13-4-3-7-16-14(18)10-13/h12-13,15H,2-11H2,1H3,(H,16,18). The molecule has 2 saturated heterocycles. The molecule has 4 heteroatoms. The molecule has 2 fully saturated rings. The van der Waals surface area contributed by atoms with E-state index in [0.29, 0.717) is 12.5 Å². The van der Waals surface area contributed by atoms with E-state index < -0.39 is 0 Å². The SMILES string of the molecule is CCN(CC1CCNCC1)C1CCCNC(=O)C1. The molecule has 0 bridgehead atoms. The number of piperidine rings is 1. The summed E-state index contributed by atoms with van der Waals surface area (Å²) in [6.07, 6.45) is 5.56. The largest absolute Gasteiger partial charge is 0.356 e. The third-order valence-electron chi connectivity index (χ3n) is 4.33. The Labute approximate surface area is 110 Å². The Morgan fingerprint density at radius 3 is 2.72 bits per heavy atom. The molecular weight excluding hydrogens is 226 g/mol. The van der Waals surface area contributed by atoms with Gasteiger partial charge in [-0.2, -0.15) is 0 Å². The minimum atomic E-state index is 0.237. The lowest BCUT2D eigenvalue weighted by molar-refractivity contribution is -0.121. The Morgan fingerprint density at radius 2 is 2.00 bits per heavy atom. The molecule has 1 unspecified atom stereocenters. The van der Waals surface area contributed by atoms with Crippen LogP contribution in [0, 0.1) is 5.92 Å². The molecule has 18 heavy (non-hydrogen) atoms. The maximum absolute atomic E-state index is 11.7. The summed E-state index contributed by atoms with van der Waals surface area (Å²) < 4.78 is 0. The van der Waals surface area contributed by atoms with Crippen molar-refractivity contribution >= 4 is 5.91 Å². The summed E-state index contributed by atoms with van der Waals surface area (Å²) in [6, 6.07) is 0.465. The van der Waals surface area contributed by atoms with E-state index in [-0.39, 0.29) is 5.91 Å². The molecule has 4 nitrogen and oxygen atoms in total. The number of hydrogen-bond acceptors (Lipinski definition) is 3. The maximum atomic E-state index is 11.7. The molecule has 2 N–H and O–H groups in total. The lowest BCUT2D eigenvalue weighted by atomic mass is 9.96. The van der Waals surface area contributed by atoms with Gasteiger partial charge >= 0.3 is 0 Å². The van der Waals surface area contributed by atoms with Gasteiger partial charge in [0.2, 0.25) is 5.91 Å². The van der Waals surface area contributed by atoms with Gasteiger partial charge in [-0.15, -0.1) is 0 Å². The van der Waals surface area contributed by atoms with Crippen molar-refractivity contribution in [2.24, 2.45) is 5.92 Å². The molecule has 1 atom stereocenters. The summed E-state index contributed by atoms with van der Waals surface area (Å²) in [6.45, 7) is 7.66. The van der Waals surface area contributed by atoms with E-state index in [2.05, 4.69) is 22.5 Å². The van der Waals surface area contributed by atoms with Crippen molar-refractivity contribution in [3.63, 3.8) is 0 Å². The summed E-state index contributed by atoms with van der Waals surface area (Å²) >= 11 is 0. The van der Waals surface area contributed by atoms with Gasteiger partial charge < -0.3 is 10.6 Å². The van der Waals surface area contributed by atoms with Crippen LogP contribution in [0.25, 0.3) is 0 Å². The van der Waals surface area contributed by atoms with Crippen LogP contribution in [0.15, 0.2) is 0 Å². The minimum Gasteiger partial charge on any atom is -0.356 e. The fraction of sp³-hybridized carbons (Fsp3) is 0.929. The lowest BCUT2D eigenvalue weighted by Gasteiger charge is -2.34. The predicted octanol–water partition coefficient (Wildman–Crippen LogP) is 0.977. The Morgan fingerprint density at radius 1 is 1.22 bits per heavy atom. The van der Waals surface area contributed by atoms with E-state index in [1.165, 1.54) is 19.4 Å². The zero-order valence-electron chi connectivity index (χ0n) is 11.6. The zero-order chi connectivity index (χ0) is 12.8. The van der Waals surface area contributed by atoms with Crippen LogP contribution >= 0.6 is 0 Å². The van der Waals surface area contributed by atoms with Crippen molar-refractivity contribution in [2.45, 2.75) is 45.1 Å². The van der Waals surface area contributed by atoms with Crippen molar-refractivity contribution < 1.29 is 4.79 Å². The van der Waals surface area contributed by atoms with Gasteiger partial charge in [0, 0.05) is 25.6 Å². The fourth-order valence-electron chi connectivity index (χ4n) is 3.20. The van der Waals surface area contributed by atoms with Gasteiger partial charge in [0.15, 0.2) is 0 Å². The fourth-order valence-corrected chi connectivity index (χ4v) is 3.20. The van der Waals surface area contributed by atoms with Crippen molar-refractivity contribution in [1.29, 1.82) is 0 Å². The molecule has 0 saturated carbocycles. The number of amides is 1. The molecule has 0 aromatic carbocycles. The van der Waals surface area contributed by atoms with Crippen LogP contribution in [-0.4, -0.2) is 49.6 Å². The van der Waals surface area contributed by atoms with Gasteiger partial charge in [0.1, 0.15) is 0 Å². The van der Waals surface area contributed by atoms with Crippen molar-refractivity contribution in [3.05, 3.63) is 0 Å². The third kappa shape index (κ3) is 3.95. The van der Waals surface area contributed by atoms with Crippen molar-refractivity contribution in [3.8, 4) is 0 Å². The highest BCUT2D eigenvalue weighted by Gasteiger charge is 2.25. The summed E-state index contributed by atoms with van der Waals surface area (Å²) in [5.41, 5.74) is 0. The minimum absolute atomic E-state index is 0.237. The number of carbonyl (C=O) groups excluding carboxylic acids is 1. The highest BCUT2D eigenvalue weighted by atomic mass is 16.1. The molecule has 0 aliphatic carbocycles. The number of nitrogens with zero attached hydrogens (tertiary/aromatic N) is 1. The first-order chi connectivity index (χ1) is 8.79. The Hall–Kier alpha value is -0.610. The molecule has 1 amide bonds. The first kappa shape index (κ1) is 13.8. The van der Waals surface area contributed by atoms with Gasteiger partial charge in [0.05, 0.1) is 0 Å². The second kappa shape index (κ2) is 7.10. The second-order valence-electron chi connectivity index (χ2n) is 5.63. The summed E-state index contributed by atoms with van der Waals surface area (Å²) in [7, 11) is 0. The average Bonchev–Trinajstić information content (AvgIpc) is 2.62. The Kier molecular flexibility index (Phi) is 5.45. The Bertz CT molecular complexity index is 264. The van der Waals surface area contributed by atoms with E-state index in [1.54, 1.807) is 0 Å². The molecule has 0 spiro atoms. The number of rotatable bonds is 4. The van der Waals surface area contributed by atoms with E-state index >= 15 is 0 Å². The molecule has 0 aromatic rings. The highest BCUT2D eigenvalue weighted by molar-refractivity contribution is 5.76. The van der Waals surface area contributed by atoms with Crippen LogP contribution in [0.1, 0.15) is 39.0 Å². The van der Waals surface area contributed by atoms with E-state index in [9.17, 15) is 4.79 Å². The highest BCUT2D eigenvalue weighted by Crippen LogP contribution is 2.19. The van der Waals surface area contributed by atoms with Crippen LogP contribution in [0.5, 0.6) is 0 Å². The molecule has 0 aromatic heterocycles. The second-order valence-corrected chi connectivity index (χ2v) is 5.63. The van der Waals surface area contributed by atoms with Crippen LogP contribution in [-0.2, 0) is 4.79 Å². The molecule has 2 aliphatic heterocycles. The summed E-state index contributed by atoms with van der Waals surface area (Å²) in [5.74, 6) is 1.05. The van der Waals surface area contributed by atoms with E-state index in [4.69, 9.17) is 0 Å². The molecular formula is C14H27N3O. The number of hydrogen-bond donors (Lipinski definition) is 2. The van der Waals surface area contributed by atoms with Crippen LogP contribution < -0.4 is 10.6 Å². The van der Waals surface area contributed by atoms with Gasteiger partial charge in [-0.3, -0.25) is 9.69 Å². The summed E-state index contributed by atoms with van der Waals surface area (Å²) in [5, 5.41) is 6.40. The van der Waals surface area contributed by atoms with E-state index in [0.717, 1.165) is 44.9 Å². The van der Waals surface area contributed by atoms with E-state index in [1.807, 2.05) is 0 Å². The normalized spacial score (nSPS) is 27.0. The zero-order valence-corrected chi connectivity index (χ0v) is 11.6. The Balaban J connectivity index is 1.87. The van der Waals surface area contributed by atoms with Crippen LogP contribution in [0.4, 0.5) is 0 Å². The van der Waals surface area contributed by atoms with Crippen molar-refractivity contribution in [2.75, 3.05) is 32.7 Å². The molecule has 0 radical (unpaired) electrons. The average molecular weight is 253 g/mol. The quantitative estimate of drug-likeness (QED) is 0.785. The van der Waals surface area contributed by atoms with Crippen molar-refractivity contribution in [1.82, 2.24) is 15.5 Å². The number of carbonyl (C=O) groups is 1. The monoisotopic (exact) mass is 253 g/mol. The van der Waals surface area contributed by atoms with Gasteiger partial charge in [-0.05, 0) is 51.2 Å². The lowest BCUT2D eigenvalue weighted by Crippen LogP contribution is -2.42. The maximum Gasteiger partial charge on any atom is 0.221 e. The van der Waals surface area contributed by atoms with Gasteiger partial charge in [-0.25, -0.2) is 0 Å². The van der Waals surface area contributed by atoms with Crippen LogP contribution in [0.2, 0.25) is 0 Å². The van der Waals surface area contributed by atoms with Crippen LogP contribution in [0.3, 0.4) is 0 Å². The molecule has 104 valence electrons. The topological polar surface area (TPSA) is 44.4 Å². The summed E-state index contributed by atoms with van der Waals surface area (Å²) in [4.78, 5) is 14.2. The first-order valence-electron chi connectivity index (χ1n) is 7.51. The van der Waals surface area contributed by atoms with Gasteiger partial charge in [0.25, 0.3) is 0 Å². The smallest absolute Gasteiger partial charge is 0.221 e. The molecule has 2 aliphatic rings. The molecule has 2 heterocycles. The van der Waals surface area contributed by atoms with Gasteiger partial charge in [-0.1, -0.05) is 6.92 Å². The third-order valence-corrected chi connectivity index (χ3v) is 4.33. The number of nitrogens with one attached hydrogen (secondary N) is 2. The predicted molar refractivity (Wildman–Crippen MR) is 73.5 cm³/mol. The molecule has 2 rings (SSSR count).